The summed E-state index contributed by atoms with van der Waals surface area (Å²) < 4.78 is 86.6. The second-order valence-electron chi connectivity index (χ2n) is 29.5. The zero-order valence-electron chi connectivity index (χ0n) is 64.4. The highest BCUT2D eigenvalue weighted by atomic mass is 16.7. The Hall–Kier alpha value is -5.04. The van der Waals surface area contributed by atoms with Crippen molar-refractivity contribution in [3.05, 3.63) is 39.8 Å². The predicted molar refractivity (Wildman–Crippen MR) is 386 cm³/mol. The third kappa shape index (κ3) is 29.8. The lowest BCUT2D eigenvalue weighted by atomic mass is 9.78. The number of hydrogen-bond acceptors (Lipinski definition) is 35. The fourth-order valence-corrected chi connectivity index (χ4v) is 13.7. The van der Waals surface area contributed by atoms with Gasteiger partial charge in [0.2, 0.25) is 5.91 Å². The highest BCUT2D eigenvalue weighted by Crippen LogP contribution is 2.39. The van der Waals surface area contributed by atoms with Crippen LogP contribution in [-0.2, 0) is 80.7 Å². The number of Topliss-reactive ketones (excluding diaryl/α,β-unsaturated/α-hetero) is 2. The molecule has 4 saturated heterocycles. The number of aliphatic hydroxyl groups is 14. The monoisotopic (exact) mass is 1620 g/mol. The molecule has 0 spiro atoms. The van der Waals surface area contributed by atoms with Gasteiger partial charge in [-0.25, -0.2) is 0 Å². The first-order chi connectivity index (χ1) is 54.1. The number of carbonyl (C=O) groups is 5. The minimum absolute atomic E-state index is 0.0114. The highest BCUT2D eigenvalue weighted by Gasteiger charge is 2.51. The molecule has 12 unspecified atom stereocenters. The number of azide groups is 1. The van der Waals surface area contributed by atoms with Gasteiger partial charge < -0.3 is 158 Å². The maximum Gasteiger partial charge on any atom is 0.251 e. The summed E-state index contributed by atoms with van der Waals surface area (Å²) in [5, 5.41) is 159. The van der Waals surface area contributed by atoms with Crippen LogP contribution in [0.25, 0.3) is 10.4 Å². The number of amides is 3. The summed E-state index contributed by atoms with van der Waals surface area (Å²) in [6.07, 6.45) is -31.8. The molecule has 2 aliphatic carbocycles. The molecule has 2 saturated carbocycles. The van der Waals surface area contributed by atoms with Crippen molar-refractivity contribution in [1.82, 2.24) is 16.0 Å². The lowest BCUT2D eigenvalue weighted by Crippen LogP contribution is -2.61. The van der Waals surface area contributed by atoms with Gasteiger partial charge in [0.1, 0.15) is 122 Å². The van der Waals surface area contributed by atoms with Gasteiger partial charge in [-0.05, 0) is 85.9 Å². The van der Waals surface area contributed by atoms with Crippen molar-refractivity contribution in [3.8, 4) is 5.75 Å². The fraction of sp³-hybridized carbons (Fsp3) is 0.849. The fourth-order valence-electron chi connectivity index (χ4n) is 13.7. The molecule has 0 aromatic heterocycles. The molecule has 113 heavy (non-hydrogen) atoms. The predicted octanol–water partition coefficient (Wildman–Crippen LogP) is -4.19. The number of nitrogens with one attached hydrogen (secondary N) is 3. The van der Waals surface area contributed by atoms with Crippen molar-refractivity contribution in [2.75, 3.05) is 125 Å². The van der Waals surface area contributed by atoms with Crippen molar-refractivity contribution >= 4 is 29.3 Å². The van der Waals surface area contributed by atoms with Gasteiger partial charge in [-0.1, -0.05) is 32.8 Å². The van der Waals surface area contributed by atoms with E-state index in [9.17, 15) is 95.5 Å². The minimum atomic E-state index is -1.73. The Morgan fingerprint density at radius 3 is 1.19 bits per heavy atom. The maximum atomic E-state index is 13.7. The van der Waals surface area contributed by atoms with Gasteiger partial charge in [-0.2, -0.15) is 0 Å². The quantitative estimate of drug-likeness (QED) is 0.0127. The van der Waals surface area contributed by atoms with Crippen LogP contribution < -0.4 is 20.7 Å². The van der Waals surface area contributed by atoms with Gasteiger partial charge in [0.05, 0.1) is 123 Å². The van der Waals surface area contributed by atoms with E-state index in [1.54, 1.807) is 0 Å². The lowest BCUT2D eigenvalue weighted by molar-refractivity contribution is -0.327. The summed E-state index contributed by atoms with van der Waals surface area (Å²) in [7, 11) is 0. The molecule has 0 bridgehead atoms. The van der Waals surface area contributed by atoms with Gasteiger partial charge in [0.25, 0.3) is 11.8 Å². The van der Waals surface area contributed by atoms with Crippen LogP contribution in [0.4, 0.5) is 0 Å². The SMILES string of the molecule is CC1C[C@H](OCC2O[C@@H](OCCCC(=O)CCNC(=O)c3cc(OCCNC(=O)CCOCCOCCOCCOCCN=[N+]=[N-])cc(C(=O)NCCC(=O)CCCO[C@H]4OC(CO[C@H]5CC(C)[C@@H](C)CC5O[C@H]5OC(CO)[C@@H](O)[C@H](O)C5O)[C@@H](O)[C@H](O)C4O)c3)C(O)[C@@H](O)[C@@H]2O)C(O[C@@H]2OC(CO)[C@@H](O)[C@H](O)C2O)C[C@@H]1C. The van der Waals surface area contributed by atoms with E-state index in [4.69, 9.17) is 76.6 Å². The van der Waals surface area contributed by atoms with Crippen LogP contribution in [0, 0.1) is 23.7 Å². The van der Waals surface area contributed by atoms with Crippen molar-refractivity contribution in [2.45, 2.75) is 246 Å². The third-order valence-electron chi connectivity index (χ3n) is 21.0. The second-order valence-corrected chi connectivity index (χ2v) is 29.5. The average molecular weight is 1630 g/mol. The molecule has 4 heterocycles. The normalized spacial score (nSPS) is 34.7. The third-order valence-corrected chi connectivity index (χ3v) is 21.0. The van der Waals surface area contributed by atoms with E-state index in [-0.39, 0.29) is 182 Å². The number of ketones is 2. The van der Waals surface area contributed by atoms with Crippen LogP contribution in [0.1, 0.15) is 119 Å². The number of nitrogens with zero attached hydrogens (tertiary/aromatic N) is 3. The van der Waals surface area contributed by atoms with Crippen molar-refractivity contribution in [1.29, 1.82) is 0 Å². The molecule has 40 nitrogen and oxygen atoms in total. The van der Waals surface area contributed by atoms with Gasteiger partial charge >= 0.3 is 0 Å². The zero-order chi connectivity index (χ0) is 82.3. The van der Waals surface area contributed by atoms with Crippen molar-refractivity contribution in [3.63, 3.8) is 0 Å². The molecule has 4 aliphatic heterocycles. The Balaban J connectivity index is 0.850. The first-order valence-corrected chi connectivity index (χ1v) is 38.9. The summed E-state index contributed by atoms with van der Waals surface area (Å²) in [4.78, 5) is 69.0. The molecule has 0 radical (unpaired) electrons. The van der Waals surface area contributed by atoms with Crippen LogP contribution in [0.2, 0.25) is 0 Å². The molecule has 3 amide bonds. The van der Waals surface area contributed by atoms with Crippen LogP contribution >= 0.6 is 0 Å². The van der Waals surface area contributed by atoms with E-state index in [2.05, 4.69) is 26.0 Å². The number of carbonyl (C=O) groups excluding carboxylic acids is 5. The Morgan fingerprint density at radius 2 is 0.788 bits per heavy atom. The standard InChI is InChI=1S/C73H120N6O34/c1-38-27-47(49(29-40(38)3)108-72-66(95)60(89)56(85)51(34-80)110-72)106-36-53-58(87)62(91)64(93)70(112-53)104-16-5-7-44(82)9-12-76-68(97)42-31-43(33-46(32-42)103-20-14-75-55(84)11-18-99-21-23-101-25-26-102-24-22-100-19-15-78-79-74)69(98)77-13-10-45(83)8-6-17-105-71-65(94)63(92)59(88)54(113-71)37-107-48-28-39(2)41(4)30-50(48)109-73-67(96)61(90)57(86)52(35-81)111-73/h31-33,38-41,47-54,56-67,70-73,80-81,85-96H,5-30,34-37H2,1-4H3,(H,75,84)(H,76,97)(H,77,98)/t38?,39?,40-,41-,47-,48-,49?,50?,51?,52?,53?,54?,56+,57+,58+,59+,60-,61-,62-,63-,64?,65?,66?,67?,70-,71+,72-,73+/m0/s1. The molecule has 1 aromatic rings. The molecule has 646 valence electrons. The van der Waals surface area contributed by atoms with E-state index in [1.165, 1.54) is 18.2 Å². The number of rotatable bonds is 49. The Labute approximate surface area is 654 Å². The number of aliphatic hydroxyl groups excluding tert-OH is 14. The van der Waals surface area contributed by atoms with Crippen LogP contribution in [0.5, 0.6) is 5.75 Å². The molecule has 17 N–H and O–H groups in total. The van der Waals surface area contributed by atoms with Gasteiger partial charge in [-0.3, -0.25) is 24.0 Å². The Bertz CT molecular complexity index is 2880. The Kier molecular flexibility index (Phi) is 41.6. The molecule has 1 aromatic carbocycles. The van der Waals surface area contributed by atoms with E-state index >= 15 is 0 Å². The van der Waals surface area contributed by atoms with Crippen molar-refractivity contribution in [2.24, 2.45) is 28.8 Å². The zero-order valence-corrected chi connectivity index (χ0v) is 64.4. The first kappa shape index (κ1) is 95.1. The summed E-state index contributed by atoms with van der Waals surface area (Å²) in [5.74, 6) is -1.80. The lowest BCUT2D eigenvalue weighted by Gasteiger charge is -2.45. The van der Waals surface area contributed by atoms with Crippen LogP contribution in [-0.4, -0.2) is 373 Å². The molecule has 40 heteroatoms. The number of hydrogen-bond donors (Lipinski definition) is 17. The first-order valence-electron chi connectivity index (χ1n) is 38.9. The van der Waals surface area contributed by atoms with Gasteiger partial charge in [0, 0.05) is 67.8 Å². The van der Waals surface area contributed by atoms with Crippen LogP contribution in [0.3, 0.4) is 0 Å². The molecule has 28 atom stereocenters. The largest absolute Gasteiger partial charge is 0.492 e. The van der Waals surface area contributed by atoms with Gasteiger partial charge in [0.15, 0.2) is 25.2 Å². The minimum Gasteiger partial charge on any atom is -0.492 e. The maximum absolute atomic E-state index is 13.7. The van der Waals surface area contributed by atoms with Crippen LogP contribution in [0.15, 0.2) is 23.3 Å². The molecule has 7 rings (SSSR count). The highest BCUT2D eigenvalue weighted by molar-refractivity contribution is 6.00. The Morgan fingerprint density at radius 1 is 0.416 bits per heavy atom. The smallest absolute Gasteiger partial charge is 0.251 e. The summed E-state index contributed by atoms with van der Waals surface area (Å²) >= 11 is 0. The summed E-state index contributed by atoms with van der Waals surface area (Å²) in [5.41, 5.74) is 8.20. The average Bonchev–Trinajstić information content (AvgIpc) is 0.787. The van der Waals surface area contributed by atoms with E-state index in [0.29, 0.717) is 58.7 Å². The molecular formula is C73H120N6O34. The summed E-state index contributed by atoms with van der Waals surface area (Å²) in [6, 6.07) is 3.99. The summed E-state index contributed by atoms with van der Waals surface area (Å²) in [6.45, 7) is 7.79. The van der Waals surface area contributed by atoms with E-state index in [0.717, 1.165) is 0 Å². The van der Waals surface area contributed by atoms with E-state index < -0.39 is 172 Å². The second kappa shape index (κ2) is 49.4. The van der Waals surface area contributed by atoms with Crippen molar-refractivity contribution < 1.29 is 167 Å². The molecular weight excluding hydrogens is 1500 g/mol. The molecule has 6 aliphatic rings. The molecule has 6 fully saturated rings. The topological polar surface area (TPSA) is 592 Å². The number of benzene rings is 1. The van der Waals surface area contributed by atoms with Gasteiger partial charge in [-0.15, -0.1) is 0 Å². The number of ether oxygens (including phenoxy) is 15. The van der Waals surface area contributed by atoms with E-state index in [1.807, 2.05) is 27.7 Å².